The van der Waals surface area contributed by atoms with E-state index in [9.17, 15) is 0 Å². The van der Waals surface area contributed by atoms with Crippen LogP contribution in [0.3, 0.4) is 0 Å². The largest absolute Gasteiger partial charge is 0.369 e. The molecule has 1 aromatic rings. The molecule has 6 heteroatoms. The predicted octanol–water partition coefficient (Wildman–Crippen LogP) is 1.82. The van der Waals surface area contributed by atoms with Crippen molar-refractivity contribution in [1.82, 2.24) is 4.90 Å². The maximum atomic E-state index is 5.78. The molecule has 1 rings (SSSR count). The summed E-state index contributed by atoms with van der Waals surface area (Å²) in [6.45, 7) is 6.92. The molecule has 0 amide bonds. The van der Waals surface area contributed by atoms with Gasteiger partial charge in [-0.05, 0) is 25.5 Å². The zero-order valence-corrected chi connectivity index (χ0v) is 13.3. The van der Waals surface area contributed by atoms with Crippen LogP contribution in [0.1, 0.15) is 23.6 Å². The second-order valence-corrected chi connectivity index (χ2v) is 5.11. The fourth-order valence-corrected chi connectivity index (χ4v) is 2.14. The number of nitrogens with two attached hydrogens (primary N) is 2. The normalized spacial score (nSPS) is 11.8. The van der Waals surface area contributed by atoms with Gasteiger partial charge in [-0.2, -0.15) is 4.99 Å². The topological polar surface area (TPSA) is 80.0 Å². The van der Waals surface area contributed by atoms with Crippen molar-refractivity contribution in [3.63, 3.8) is 0 Å². The zero-order chi connectivity index (χ0) is 14.8. The molecule has 0 atom stereocenters. The molecule has 4 N–H and O–H groups in total. The Kier molecular flexibility index (Phi) is 8.61. The van der Waals surface area contributed by atoms with Gasteiger partial charge in [0.25, 0.3) is 0 Å². The Balaban J connectivity index is 0.00000154. The van der Waals surface area contributed by atoms with E-state index >= 15 is 0 Å². The number of hydrogen-bond acceptors (Lipinski definition) is 2. The Labute approximate surface area is 120 Å². The number of aryl methyl sites for hydroxylation is 1. The molecule has 0 aliphatic carbocycles. The van der Waals surface area contributed by atoms with Gasteiger partial charge >= 0.3 is 0 Å². The van der Waals surface area contributed by atoms with Crippen LogP contribution in [0.5, 0.6) is 0 Å². The third kappa shape index (κ3) is 6.81. The van der Waals surface area contributed by atoms with Crippen molar-refractivity contribution < 1.29 is 0 Å². The summed E-state index contributed by atoms with van der Waals surface area (Å²) in [7, 11) is 3.47. The lowest BCUT2D eigenvalue weighted by Gasteiger charge is -2.17. The molecule has 0 spiro atoms. The maximum absolute atomic E-state index is 5.78. The van der Waals surface area contributed by atoms with Crippen molar-refractivity contribution in [2.45, 2.75) is 27.2 Å². The van der Waals surface area contributed by atoms with Gasteiger partial charge in [-0.25, -0.2) is 0 Å². The molecule has 0 aromatic carbocycles. The molecule has 5 nitrogen and oxygen atoms in total. The van der Waals surface area contributed by atoms with Gasteiger partial charge in [-0.3, -0.25) is 4.99 Å². The van der Waals surface area contributed by atoms with Gasteiger partial charge in [-0.15, -0.1) is 11.3 Å². The monoisotopic (exact) mass is 283 g/mol. The molecule has 0 unspecified atom stereocenters. The highest BCUT2D eigenvalue weighted by molar-refractivity contribution is 7.11. The smallest absolute Gasteiger partial charge is 0.218 e. The Morgan fingerprint density at radius 3 is 2.42 bits per heavy atom. The predicted molar refractivity (Wildman–Crippen MR) is 85.9 cm³/mol. The Hall–Kier alpha value is -1.56. The van der Waals surface area contributed by atoms with E-state index in [1.807, 2.05) is 25.8 Å². The first-order valence-corrected chi connectivity index (χ1v) is 7.17. The first kappa shape index (κ1) is 17.4. The molecule has 1 aromatic heterocycles. The quantitative estimate of drug-likeness (QED) is 0.656. The minimum Gasteiger partial charge on any atom is -0.369 e. The first-order valence-electron chi connectivity index (χ1n) is 6.35. The van der Waals surface area contributed by atoms with Crippen LogP contribution in [-0.4, -0.2) is 37.5 Å². The third-order valence-corrected chi connectivity index (χ3v) is 3.40. The van der Waals surface area contributed by atoms with E-state index in [-0.39, 0.29) is 5.96 Å². The van der Waals surface area contributed by atoms with Crippen molar-refractivity contribution in [3.05, 3.63) is 21.9 Å². The number of thiophene rings is 1. The molecule has 0 radical (unpaired) electrons. The zero-order valence-electron chi connectivity index (χ0n) is 12.5. The van der Waals surface area contributed by atoms with Gasteiger partial charge in [0.1, 0.15) is 0 Å². The summed E-state index contributed by atoms with van der Waals surface area (Å²) < 4.78 is 0. The van der Waals surface area contributed by atoms with Crippen LogP contribution in [0.4, 0.5) is 0 Å². The number of hydrogen-bond donors (Lipinski definition) is 2. The van der Waals surface area contributed by atoms with E-state index in [4.69, 9.17) is 11.5 Å². The van der Waals surface area contributed by atoms with Crippen LogP contribution in [-0.2, 0) is 6.42 Å². The lowest BCUT2D eigenvalue weighted by atomic mass is 10.3. The average Bonchev–Trinajstić information content (AvgIpc) is 2.83. The molecular formula is C13H25N5S. The van der Waals surface area contributed by atoms with Crippen LogP contribution in [0.15, 0.2) is 22.1 Å². The van der Waals surface area contributed by atoms with Crippen LogP contribution >= 0.6 is 11.3 Å². The molecule has 0 aliphatic rings. The molecule has 0 saturated heterocycles. The Morgan fingerprint density at radius 1 is 1.32 bits per heavy atom. The summed E-state index contributed by atoms with van der Waals surface area (Å²) in [5, 5.41) is 0. The SMILES string of the molecule is CC.CN=C(N)/N=C(\N)N(C)CCc1ccc(C)s1. The van der Waals surface area contributed by atoms with E-state index in [1.165, 1.54) is 9.75 Å². The summed E-state index contributed by atoms with van der Waals surface area (Å²) >= 11 is 1.80. The second kappa shape index (κ2) is 9.38. The fourth-order valence-electron chi connectivity index (χ4n) is 1.26. The molecular weight excluding hydrogens is 258 g/mol. The summed E-state index contributed by atoms with van der Waals surface area (Å²) in [6.07, 6.45) is 0.953. The van der Waals surface area contributed by atoms with Gasteiger partial charge < -0.3 is 16.4 Å². The van der Waals surface area contributed by atoms with E-state index in [2.05, 4.69) is 29.0 Å². The van der Waals surface area contributed by atoms with Crippen LogP contribution in [0.2, 0.25) is 0 Å². The number of guanidine groups is 2. The van der Waals surface area contributed by atoms with Crippen LogP contribution in [0.25, 0.3) is 0 Å². The minimum atomic E-state index is 0.196. The highest BCUT2D eigenvalue weighted by Crippen LogP contribution is 2.15. The average molecular weight is 283 g/mol. The molecule has 1 heterocycles. The van der Waals surface area contributed by atoms with Gasteiger partial charge in [-0.1, -0.05) is 13.8 Å². The number of aliphatic imine (C=N–C) groups is 2. The summed E-state index contributed by atoms with van der Waals surface area (Å²) in [5.41, 5.74) is 11.3. The standard InChI is InChI=1S/C11H19N5S.C2H6/c1-8-4-5-9(17-8)6-7-16(3)11(13)15-10(12)14-2;1-2/h4-5H,6-7H2,1-3H3,(H4,12,13,14,15);1-2H3. The summed E-state index contributed by atoms with van der Waals surface area (Å²) in [6, 6.07) is 4.27. The number of likely N-dealkylation sites (N-methyl/N-ethyl adjacent to an activating group) is 1. The number of rotatable bonds is 3. The highest BCUT2D eigenvalue weighted by Gasteiger charge is 2.04. The molecule has 0 bridgehead atoms. The van der Waals surface area contributed by atoms with Crippen molar-refractivity contribution in [2.75, 3.05) is 20.6 Å². The Bertz CT molecular complexity index is 422. The van der Waals surface area contributed by atoms with E-state index in [1.54, 1.807) is 18.4 Å². The number of nitrogens with zero attached hydrogens (tertiary/aromatic N) is 3. The minimum absolute atomic E-state index is 0.196. The lowest BCUT2D eigenvalue weighted by Crippen LogP contribution is -2.36. The van der Waals surface area contributed by atoms with Crippen molar-refractivity contribution in [1.29, 1.82) is 0 Å². The summed E-state index contributed by atoms with van der Waals surface area (Å²) in [4.78, 5) is 12.2. The summed E-state index contributed by atoms with van der Waals surface area (Å²) in [5.74, 6) is 0.586. The maximum Gasteiger partial charge on any atom is 0.218 e. The van der Waals surface area contributed by atoms with E-state index in [0.717, 1.165) is 13.0 Å². The van der Waals surface area contributed by atoms with Crippen molar-refractivity contribution in [3.8, 4) is 0 Å². The molecule has 0 aliphatic heterocycles. The molecule has 0 fully saturated rings. The van der Waals surface area contributed by atoms with Gasteiger partial charge in [0, 0.05) is 30.4 Å². The highest BCUT2D eigenvalue weighted by atomic mass is 32.1. The third-order valence-electron chi connectivity index (χ3n) is 2.34. The lowest BCUT2D eigenvalue weighted by molar-refractivity contribution is 0.505. The van der Waals surface area contributed by atoms with E-state index in [0.29, 0.717) is 5.96 Å². The molecule has 19 heavy (non-hydrogen) atoms. The fraction of sp³-hybridized carbons (Fsp3) is 0.538. The van der Waals surface area contributed by atoms with Gasteiger partial charge in [0.05, 0.1) is 0 Å². The Morgan fingerprint density at radius 2 is 1.95 bits per heavy atom. The molecule has 0 saturated carbocycles. The second-order valence-electron chi connectivity index (χ2n) is 3.74. The van der Waals surface area contributed by atoms with Gasteiger partial charge in [0.15, 0.2) is 5.96 Å². The van der Waals surface area contributed by atoms with Crippen LogP contribution in [0, 0.1) is 6.92 Å². The van der Waals surface area contributed by atoms with E-state index < -0.39 is 0 Å². The van der Waals surface area contributed by atoms with Gasteiger partial charge in [0.2, 0.25) is 5.96 Å². The first-order chi connectivity index (χ1) is 9.02. The van der Waals surface area contributed by atoms with Crippen LogP contribution < -0.4 is 11.5 Å². The van der Waals surface area contributed by atoms with Crippen molar-refractivity contribution >= 4 is 23.3 Å². The molecule has 108 valence electrons. The van der Waals surface area contributed by atoms with Crippen molar-refractivity contribution in [2.24, 2.45) is 21.5 Å².